The van der Waals surface area contributed by atoms with Gasteiger partial charge in [-0.2, -0.15) is 0 Å². The zero-order chi connectivity index (χ0) is 12.4. The van der Waals surface area contributed by atoms with E-state index in [-0.39, 0.29) is 0 Å². The van der Waals surface area contributed by atoms with Crippen LogP contribution in [-0.4, -0.2) is 24.7 Å². The van der Waals surface area contributed by atoms with Crippen LogP contribution in [0, 0.1) is 0 Å². The molecule has 0 amide bonds. The quantitative estimate of drug-likeness (QED) is 0.748. The third-order valence-electron chi connectivity index (χ3n) is 2.69. The highest BCUT2D eigenvalue weighted by Crippen LogP contribution is 2.09. The molecule has 0 saturated carbocycles. The normalized spacial score (nSPS) is 10.7. The number of nitrogens with one attached hydrogen (secondary N) is 1. The number of fused-ring (bicyclic) bond motifs is 1. The molecule has 6 heteroatoms. The van der Waals surface area contributed by atoms with Gasteiger partial charge in [0.25, 0.3) is 0 Å². The van der Waals surface area contributed by atoms with Gasteiger partial charge in [-0.3, -0.25) is 0 Å². The van der Waals surface area contributed by atoms with Crippen molar-refractivity contribution in [2.45, 2.75) is 6.54 Å². The number of benzene rings is 1. The smallest absolute Gasteiger partial charge is 0.243 e. The van der Waals surface area contributed by atoms with Crippen LogP contribution in [0.2, 0.25) is 0 Å². The minimum atomic E-state index is 0.511. The molecule has 0 fully saturated rings. The van der Waals surface area contributed by atoms with Gasteiger partial charge in [-0.1, -0.05) is 12.1 Å². The third kappa shape index (κ3) is 2.00. The van der Waals surface area contributed by atoms with Crippen molar-refractivity contribution >= 4 is 17.0 Å². The van der Waals surface area contributed by atoms with Crippen molar-refractivity contribution in [1.29, 1.82) is 0 Å². The molecule has 0 aliphatic heterocycles. The summed E-state index contributed by atoms with van der Waals surface area (Å²) < 4.78 is 1.95. The standard InChI is InChI=1S/C12H12N6/c1-18-7-6-13-11(18)8-14-12-15-9-4-2-3-5-10(9)16-17-12/h2-7H,8H2,1H3,(H,14,15,17). The fourth-order valence-electron chi connectivity index (χ4n) is 1.68. The zero-order valence-corrected chi connectivity index (χ0v) is 9.91. The van der Waals surface area contributed by atoms with Gasteiger partial charge in [0.05, 0.1) is 12.1 Å². The maximum absolute atomic E-state index is 4.38. The summed E-state index contributed by atoms with van der Waals surface area (Å²) in [6.07, 6.45) is 3.66. The molecule has 6 nitrogen and oxygen atoms in total. The van der Waals surface area contributed by atoms with Gasteiger partial charge in [0.2, 0.25) is 5.95 Å². The number of aryl methyl sites for hydroxylation is 1. The van der Waals surface area contributed by atoms with E-state index >= 15 is 0 Å². The molecule has 1 N–H and O–H groups in total. The summed E-state index contributed by atoms with van der Waals surface area (Å²) in [5, 5.41) is 11.2. The number of imidazole rings is 1. The van der Waals surface area contributed by atoms with Gasteiger partial charge in [-0.05, 0) is 12.1 Å². The lowest BCUT2D eigenvalue weighted by molar-refractivity contribution is 0.805. The number of para-hydroxylation sites is 1. The number of rotatable bonds is 3. The summed E-state index contributed by atoms with van der Waals surface area (Å²) in [7, 11) is 1.95. The van der Waals surface area contributed by atoms with Crippen LogP contribution in [0.1, 0.15) is 5.82 Å². The average molecular weight is 240 g/mol. The maximum Gasteiger partial charge on any atom is 0.243 e. The largest absolute Gasteiger partial charge is 0.346 e. The van der Waals surface area contributed by atoms with E-state index in [1.165, 1.54) is 0 Å². The highest BCUT2D eigenvalue weighted by Gasteiger charge is 2.02. The molecule has 0 saturated heterocycles. The fourth-order valence-corrected chi connectivity index (χ4v) is 1.68. The predicted octanol–water partition coefficient (Wildman–Crippen LogP) is 1.37. The average Bonchev–Trinajstić information content (AvgIpc) is 2.82. The van der Waals surface area contributed by atoms with Crippen molar-refractivity contribution in [2.75, 3.05) is 5.32 Å². The molecule has 18 heavy (non-hydrogen) atoms. The molecule has 0 bridgehead atoms. The summed E-state index contributed by atoms with van der Waals surface area (Å²) >= 11 is 0. The fraction of sp³-hybridized carbons (Fsp3) is 0.167. The molecule has 2 heterocycles. The minimum Gasteiger partial charge on any atom is -0.346 e. The van der Waals surface area contributed by atoms with E-state index in [4.69, 9.17) is 0 Å². The lowest BCUT2D eigenvalue weighted by atomic mass is 10.3. The topological polar surface area (TPSA) is 68.5 Å². The van der Waals surface area contributed by atoms with E-state index in [1.54, 1.807) is 6.20 Å². The number of aromatic nitrogens is 5. The second-order valence-electron chi connectivity index (χ2n) is 3.93. The van der Waals surface area contributed by atoms with Gasteiger partial charge < -0.3 is 9.88 Å². The molecule has 3 rings (SSSR count). The molecule has 0 aliphatic carbocycles. The Balaban J connectivity index is 1.81. The summed E-state index contributed by atoms with van der Waals surface area (Å²) in [5.74, 6) is 1.43. The Morgan fingerprint density at radius 2 is 2.00 bits per heavy atom. The summed E-state index contributed by atoms with van der Waals surface area (Å²) in [4.78, 5) is 8.60. The van der Waals surface area contributed by atoms with E-state index in [1.807, 2.05) is 42.1 Å². The van der Waals surface area contributed by atoms with Gasteiger partial charge in [0.1, 0.15) is 11.3 Å². The van der Waals surface area contributed by atoms with Gasteiger partial charge >= 0.3 is 0 Å². The van der Waals surface area contributed by atoms with E-state index in [0.29, 0.717) is 12.5 Å². The van der Waals surface area contributed by atoms with Crippen molar-refractivity contribution in [3.63, 3.8) is 0 Å². The Kier molecular flexibility index (Phi) is 2.60. The highest BCUT2D eigenvalue weighted by atomic mass is 15.2. The maximum atomic E-state index is 4.38. The van der Waals surface area contributed by atoms with Crippen LogP contribution in [0.15, 0.2) is 36.7 Å². The van der Waals surface area contributed by atoms with Gasteiger partial charge in [-0.25, -0.2) is 9.97 Å². The van der Waals surface area contributed by atoms with Crippen molar-refractivity contribution in [2.24, 2.45) is 7.05 Å². The first-order valence-electron chi connectivity index (χ1n) is 5.62. The molecule has 0 aliphatic rings. The molecule has 0 radical (unpaired) electrons. The first kappa shape index (κ1) is 10.6. The number of hydrogen-bond donors (Lipinski definition) is 1. The molecule has 0 spiro atoms. The Morgan fingerprint density at radius 1 is 1.17 bits per heavy atom. The summed E-state index contributed by atoms with van der Waals surface area (Å²) in [6.45, 7) is 0.573. The third-order valence-corrected chi connectivity index (χ3v) is 2.69. The monoisotopic (exact) mass is 240 g/mol. The van der Waals surface area contributed by atoms with E-state index < -0.39 is 0 Å². The molecule has 90 valence electrons. The molecule has 1 aromatic carbocycles. The second-order valence-corrected chi connectivity index (χ2v) is 3.93. The van der Waals surface area contributed by atoms with Crippen molar-refractivity contribution in [1.82, 2.24) is 24.7 Å². The molecule has 3 aromatic rings. The lowest BCUT2D eigenvalue weighted by Crippen LogP contribution is -2.08. The molecule has 0 atom stereocenters. The van der Waals surface area contributed by atoms with Crippen LogP contribution in [0.4, 0.5) is 5.95 Å². The van der Waals surface area contributed by atoms with Gasteiger partial charge in [-0.15, -0.1) is 10.2 Å². The Bertz CT molecular complexity index is 675. The van der Waals surface area contributed by atoms with Crippen LogP contribution in [0.3, 0.4) is 0 Å². The van der Waals surface area contributed by atoms with Crippen molar-refractivity contribution in [3.8, 4) is 0 Å². The number of anilines is 1. The van der Waals surface area contributed by atoms with Crippen LogP contribution < -0.4 is 5.32 Å². The Morgan fingerprint density at radius 3 is 2.78 bits per heavy atom. The molecule has 2 aromatic heterocycles. The van der Waals surface area contributed by atoms with Crippen LogP contribution in [0.5, 0.6) is 0 Å². The lowest BCUT2D eigenvalue weighted by Gasteiger charge is -2.04. The minimum absolute atomic E-state index is 0.511. The second kappa shape index (κ2) is 4.40. The SMILES string of the molecule is Cn1ccnc1CNc1nnc2ccccc2n1. The van der Waals surface area contributed by atoms with Crippen LogP contribution in [0.25, 0.3) is 11.0 Å². The predicted molar refractivity (Wildman–Crippen MR) is 67.9 cm³/mol. The molecule has 0 unspecified atom stereocenters. The number of hydrogen-bond acceptors (Lipinski definition) is 5. The zero-order valence-electron chi connectivity index (χ0n) is 9.91. The number of nitrogens with zero attached hydrogens (tertiary/aromatic N) is 5. The van der Waals surface area contributed by atoms with Crippen molar-refractivity contribution in [3.05, 3.63) is 42.5 Å². The van der Waals surface area contributed by atoms with Crippen LogP contribution in [-0.2, 0) is 13.6 Å². The van der Waals surface area contributed by atoms with Crippen LogP contribution >= 0.6 is 0 Å². The summed E-state index contributed by atoms with van der Waals surface area (Å²) in [6, 6.07) is 7.65. The Labute approximate surface area is 104 Å². The Hall–Kier alpha value is -2.50. The van der Waals surface area contributed by atoms with Gasteiger partial charge in [0.15, 0.2) is 0 Å². The van der Waals surface area contributed by atoms with Gasteiger partial charge in [0, 0.05) is 19.4 Å². The van der Waals surface area contributed by atoms with E-state index in [2.05, 4.69) is 25.5 Å². The van der Waals surface area contributed by atoms with E-state index in [0.717, 1.165) is 16.9 Å². The van der Waals surface area contributed by atoms with Crippen molar-refractivity contribution < 1.29 is 0 Å². The highest BCUT2D eigenvalue weighted by molar-refractivity contribution is 5.73. The molecular weight excluding hydrogens is 228 g/mol. The first-order chi connectivity index (χ1) is 8.83. The molecular formula is C12H12N6. The first-order valence-corrected chi connectivity index (χ1v) is 5.62. The van der Waals surface area contributed by atoms with E-state index in [9.17, 15) is 0 Å². The summed E-state index contributed by atoms with van der Waals surface area (Å²) in [5.41, 5.74) is 1.62.